The first kappa shape index (κ1) is 15.4. The lowest BCUT2D eigenvalue weighted by molar-refractivity contribution is 0.602. The minimum atomic E-state index is -3.28. The fraction of sp³-hybridized carbons (Fsp3) is 0.133. The number of nitrogens with zero attached hydrogens (tertiary/aromatic N) is 1. The Morgan fingerprint density at radius 2 is 2.00 bits per heavy atom. The summed E-state index contributed by atoms with van der Waals surface area (Å²) in [6.07, 6.45) is 1.15. The van der Waals surface area contributed by atoms with Gasteiger partial charge in [0.25, 0.3) is 0 Å². The summed E-state index contributed by atoms with van der Waals surface area (Å²) in [7, 11) is -3.28. The third kappa shape index (κ3) is 3.97. The van der Waals surface area contributed by atoms with Gasteiger partial charge in [-0.3, -0.25) is 0 Å². The number of rotatable bonds is 4. The number of hydrogen-bond donors (Lipinski definition) is 1. The first-order chi connectivity index (χ1) is 9.90. The number of benzene rings is 2. The summed E-state index contributed by atoms with van der Waals surface area (Å²) >= 11 is 6.06. The second kappa shape index (κ2) is 6.17. The van der Waals surface area contributed by atoms with Crippen LogP contribution in [-0.2, 0) is 16.4 Å². The summed E-state index contributed by atoms with van der Waals surface area (Å²) in [5.41, 5.74) is 2.03. The van der Waals surface area contributed by atoms with Gasteiger partial charge in [0, 0.05) is 12.8 Å². The van der Waals surface area contributed by atoms with Crippen LogP contribution in [0.4, 0.5) is 5.69 Å². The molecule has 0 aliphatic heterocycles. The highest BCUT2D eigenvalue weighted by atomic mass is 35.5. The average molecular weight is 321 g/mol. The van der Waals surface area contributed by atoms with E-state index >= 15 is 0 Å². The molecule has 0 saturated carbocycles. The van der Waals surface area contributed by atoms with Crippen LogP contribution in [0.1, 0.15) is 11.1 Å². The molecule has 6 heteroatoms. The van der Waals surface area contributed by atoms with Crippen LogP contribution in [0.15, 0.2) is 47.4 Å². The molecule has 0 heterocycles. The van der Waals surface area contributed by atoms with Crippen molar-refractivity contribution in [2.24, 2.45) is 0 Å². The lowest BCUT2D eigenvalue weighted by Gasteiger charge is -2.10. The maximum atomic E-state index is 11.5. The van der Waals surface area contributed by atoms with Crippen molar-refractivity contribution >= 4 is 27.1 Å². The third-order valence-electron chi connectivity index (χ3n) is 2.91. The standard InChI is InChI=1S/C15H13ClN2O2S/c1-21(19,20)13-5-6-14(16)15(8-13)18-10-12-4-2-3-11(7-12)9-17/h2-8,18H,10H2,1H3. The van der Waals surface area contributed by atoms with Gasteiger partial charge in [-0.25, -0.2) is 8.42 Å². The van der Waals surface area contributed by atoms with E-state index < -0.39 is 9.84 Å². The van der Waals surface area contributed by atoms with E-state index in [0.29, 0.717) is 22.8 Å². The minimum absolute atomic E-state index is 0.208. The van der Waals surface area contributed by atoms with Crippen molar-refractivity contribution in [1.29, 1.82) is 5.26 Å². The Kier molecular flexibility index (Phi) is 4.51. The number of halogens is 1. The highest BCUT2D eigenvalue weighted by molar-refractivity contribution is 7.90. The number of nitriles is 1. The highest BCUT2D eigenvalue weighted by Gasteiger charge is 2.10. The molecule has 4 nitrogen and oxygen atoms in total. The molecule has 0 atom stereocenters. The number of anilines is 1. The highest BCUT2D eigenvalue weighted by Crippen LogP contribution is 2.25. The lowest BCUT2D eigenvalue weighted by atomic mass is 10.1. The van der Waals surface area contributed by atoms with Crippen LogP contribution in [0.5, 0.6) is 0 Å². The topological polar surface area (TPSA) is 70.0 Å². The second-order valence-corrected chi connectivity index (χ2v) is 7.00. The minimum Gasteiger partial charge on any atom is -0.380 e. The van der Waals surface area contributed by atoms with Gasteiger partial charge in [0.2, 0.25) is 0 Å². The molecule has 1 N–H and O–H groups in total. The van der Waals surface area contributed by atoms with Gasteiger partial charge in [0.15, 0.2) is 9.84 Å². The zero-order chi connectivity index (χ0) is 15.5. The molecule has 2 aromatic rings. The molecular weight excluding hydrogens is 308 g/mol. The van der Waals surface area contributed by atoms with Gasteiger partial charge in [0.05, 0.1) is 27.2 Å². The number of hydrogen-bond acceptors (Lipinski definition) is 4. The predicted molar refractivity (Wildman–Crippen MR) is 83.0 cm³/mol. The molecule has 0 fully saturated rings. The van der Waals surface area contributed by atoms with Crippen molar-refractivity contribution in [3.63, 3.8) is 0 Å². The summed E-state index contributed by atoms with van der Waals surface area (Å²) in [5.74, 6) is 0. The Morgan fingerprint density at radius 1 is 1.24 bits per heavy atom. The monoisotopic (exact) mass is 320 g/mol. The van der Waals surface area contributed by atoms with Gasteiger partial charge in [-0.05, 0) is 35.9 Å². The van der Waals surface area contributed by atoms with Gasteiger partial charge < -0.3 is 5.32 Å². The van der Waals surface area contributed by atoms with E-state index in [1.165, 1.54) is 12.1 Å². The van der Waals surface area contributed by atoms with E-state index in [-0.39, 0.29) is 4.90 Å². The maximum absolute atomic E-state index is 11.5. The van der Waals surface area contributed by atoms with Gasteiger partial charge in [0.1, 0.15) is 0 Å². The molecule has 0 saturated heterocycles. The van der Waals surface area contributed by atoms with Gasteiger partial charge in [-0.15, -0.1) is 0 Å². The van der Waals surface area contributed by atoms with E-state index in [1.54, 1.807) is 24.3 Å². The van der Waals surface area contributed by atoms with E-state index in [1.807, 2.05) is 6.07 Å². The van der Waals surface area contributed by atoms with Crippen LogP contribution < -0.4 is 5.32 Å². The van der Waals surface area contributed by atoms with Crippen LogP contribution in [0.25, 0.3) is 0 Å². The summed E-state index contributed by atoms with van der Waals surface area (Å²) in [6, 6.07) is 13.8. The molecule has 2 rings (SSSR count). The molecule has 0 radical (unpaired) electrons. The molecule has 0 spiro atoms. The summed E-state index contributed by atoms with van der Waals surface area (Å²) < 4.78 is 23.1. The molecule has 108 valence electrons. The van der Waals surface area contributed by atoms with E-state index in [2.05, 4.69) is 11.4 Å². The molecule has 0 bridgehead atoms. The molecule has 21 heavy (non-hydrogen) atoms. The Labute approximate surface area is 128 Å². The molecule has 2 aromatic carbocycles. The maximum Gasteiger partial charge on any atom is 0.175 e. The molecular formula is C15H13ClN2O2S. The van der Waals surface area contributed by atoms with Crippen LogP contribution in [-0.4, -0.2) is 14.7 Å². The normalized spacial score (nSPS) is 10.9. The fourth-order valence-corrected chi connectivity index (χ4v) is 2.65. The molecule has 0 unspecified atom stereocenters. The van der Waals surface area contributed by atoms with Crippen molar-refractivity contribution in [3.05, 3.63) is 58.6 Å². The largest absolute Gasteiger partial charge is 0.380 e. The van der Waals surface area contributed by atoms with Crippen molar-refractivity contribution < 1.29 is 8.42 Å². The number of nitrogens with one attached hydrogen (secondary N) is 1. The summed E-state index contributed by atoms with van der Waals surface area (Å²) in [5, 5.41) is 12.4. The van der Waals surface area contributed by atoms with Gasteiger partial charge >= 0.3 is 0 Å². The fourth-order valence-electron chi connectivity index (χ4n) is 1.82. The second-order valence-electron chi connectivity index (χ2n) is 4.58. The molecule has 0 aliphatic carbocycles. The van der Waals surface area contributed by atoms with Crippen LogP contribution in [0.3, 0.4) is 0 Å². The molecule has 0 aliphatic rings. The Morgan fingerprint density at radius 3 is 2.67 bits per heavy atom. The van der Waals surface area contributed by atoms with Gasteiger partial charge in [-0.1, -0.05) is 23.7 Å². The quantitative estimate of drug-likeness (QED) is 0.939. The Hall–Kier alpha value is -2.03. The zero-order valence-corrected chi connectivity index (χ0v) is 12.9. The van der Waals surface area contributed by atoms with Gasteiger partial charge in [-0.2, -0.15) is 5.26 Å². The van der Waals surface area contributed by atoms with Crippen LogP contribution >= 0.6 is 11.6 Å². The number of sulfone groups is 1. The Bertz CT molecular complexity index is 811. The molecule has 0 aromatic heterocycles. The SMILES string of the molecule is CS(=O)(=O)c1ccc(Cl)c(NCc2cccc(C#N)c2)c1. The van der Waals surface area contributed by atoms with Crippen molar-refractivity contribution in [1.82, 2.24) is 0 Å². The Balaban J connectivity index is 2.22. The third-order valence-corrected chi connectivity index (χ3v) is 4.34. The van der Waals surface area contributed by atoms with Crippen LogP contribution in [0.2, 0.25) is 5.02 Å². The molecule has 0 amide bonds. The van der Waals surface area contributed by atoms with Crippen molar-refractivity contribution in [3.8, 4) is 6.07 Å². The first-order valence-corrected chi connectivity index (χ1v) is 8.39. The smallest absolute Gasteiger partial charge is 0.175 e. The van der Waals surface area contributed by atoms with E-state index in [4.69, 9.17) is 16.9 Å². The summed E-state index contributed by atoms with van der Waals surface area (Å²) in [4.78, 5) is 0.208. The van der Waals surface area contributed by atoms with E-state index in [0.717, 1.165) is 11.8 Å². The first-order valence-electron chi connectivity index (χ1n) is 6.12. The van der Waals surface area contributed by atoms with Crippen LogP contribution in [0, 0.1) is 11.3 Å². The lowest BCUT2D eigenvalue weighted by Crippen LogP contribution is -2.03. The van der Waals surface area contributed by atoms with Crippen molar-refractivity contribution in [2.45, 2.75) is 11.4 Å². The zero-order valence-electron chi connectivity index (χ0n) is 11.3. The van der Waals surface area contributed by atoms with Crippen molar-refractivity contribution in [2.75, 3.05) is 11.6 Å². The average Bonchev–Trinajstić information content (AvgIpc) is 2.45. The summed E-state index contributed by atoms with van der Waals surface area (Å²) in [6.45, 7) is 0.447. The predicted octanol–water partition coefficient (Wildman–Crippen LogP) is 3.23. The van der Waals surface area contributed by atoms with E-state index in [9.17, 15) is 8.42 Å².